The number of rotatable bonds is 1. The van der Waals surface area contributed by atoms with E-state index < -0.39 is 29.9 Å². The molecule has 7 heterocycles. The molecule has 1 unspecified atom stereocenters. The zero-order valence-corrected chi connectivity index (χ0v) is 27.2. The molecular formula is C36H40F2N6O4. The minimum Gasteiger partial charge on any atom is -0.480 e. The topological polar surface area (TPSA) is 110 Å². The molecule has 12 heteroatoms. The molecule has 0 spiro atoms. The molecule has 48 heavy (non-hydrogen) atoms. The molecule has 2 saturated heterocycles. The Morgan fingerprint density at radius 3 is 2.65 bits per heavy atom. The highest BCUT2D eigenvalue weighted by atomic mass is 19.3. The van der Waals surface area contributed by atoms with E-state index in [1.807, 2.05) is 19.1 Å². The first-order valence-corrected chi connectivity index (χ1v) is 17.1. The number of carboxylic acids is 1. The van der Waals surface area contributed by atoms with Crippen LogP contribution in [-0.2, 0) is 10.7 Å². The van der Waals surface area contributed by atoms with Crippen LogP contribution in [0.4, 0.5) is 14.6 Å². The molecule has 1 N–H and O–H groups in total. The number of alkyl halides is 2. The number of ether oxygens (including phenoxy) is 1. The molecule has 4 aliphatic heterocycles. The number of halogens is 2. The summed E-state index contributed by atoms with van der Waals surface area (Å²) in [4.78, 5) is 30.6. The summed E-state index contributed by atoms with van der Waals surface area (Å²) in [6.07, 6.45) is 2.88. The summed E-state index contributed by atoms with van der Waals surface area (Å²) in [6, 6.07) is 12.8. The molecule has 9 rings (SSSR count). The van der Waals surface area contributed by atoms with Gasteiger partial charge in [-0.3, -0.25) is 4.57 Å². The summed E-state index contributed by atoms with van der Waals surface area (Å²) >= 11 is 0. The monoisotopic (exact) mass is 658 g/mol. The number of para-hydroxylation sites is 2. The number of benzene rings is 2. The van der Waals surface area contributed by atoms with E-state index in [1.54, 1.807) is 24.3 Å². The molecule has 2 aromatic carbocycles. The lowest BCUT2D eigenvalue weighted by Crippen LogP contribution is -2.41. The second-order valence-electron chi connectivity index (χ2n) is 13.8. The van der Waals surface area contributed by atoms with Gasteiger partial charge in [0.2, 0.25) is 5.82 Å². The van der Waals surface area contributed by atoms with Crippen LogP contribution in [0.15, 0.2) is 46.9 Å². The summed E-state index contributed by atoms with van der Waals surface area (Å²) in [5.74, 6) is -4.66. The van der Waals surface area contributed by atoms with E-state index in [4.69, 9.17) is 14.1 Å². The SMILES string of the molecule is Cc1cccc2c1nc1n2[C@H]2CCN(CCCCCCC(F)(F)c3nc(c4oc5ccccc5c4n3)N3C[C@H](C[C@H]3C(=O)O)O1)C[C@@H]2C. The number of nitrogens with zero attached hydrogens (tertiary/aromatic N) is 6. The van der Waals surface area contributed by atoms with Crippen molar-refractivity contribution in [1.29, 1.82) is 0 Å². The van der Waals surface area contributed by atoms with Crippen LogP contribution in [0.25, 0.3) is 33.1 Å². The van der Waals surface area contributed by atoms with Crippen LogP contribution >= 0.6 is 0 Å². The number of aromatic nitrogens is 4. The Hall–Kier alpha value is -4.32. The summed E-state index contributed by atoms with van der Waals surface area (Å²) in [7, 11) is 0. The zero-order valence-electron chi connectivity index (χ0n) is 27.2. The molecule has 0 radical (unpaired) electrons. The van der Waals surface area contributed by atoms with E-state index >= 15 is 8.78 Å². The van der Waals surface area contributed by atoms with E-state index in [2.05, 4.69) is 32.4 Å². The van der Waals surface area contributed by atoms with Crippen molar-refractivity contribution >= 4 is 44.9 Å². The van der Waals surface area contributed by atoms with Crippen molar-refractivity contribution in [2.24, 2.45) is 5.92 Å². The van der Waals surface area contributed by atoms with E-state index in [9.17, 15) is 9.90 Å². The highest BCUT2D eigenvalue weighted by molar-refractivity contribution is 6.06. The third-order valence-corrected chi connectivity index (χ3v) is 10.5. The number of piperidine rings is 1. The van der Waals surface area contributed by atoms with E-state index in [0.29, 0.717) is 35.7 Å². The number of furan rings is 1. The maximum atomic E-state index is 15.9. The summed E-state index contributed by atoms with van der Waals surface area (Å²) in [5, 5.41) is 11.0. The quantitative estimate of drug-likeness (QED) is 0.202. The first-order valence-electron chi connectivity index (χ1n) is 17.1. The Morgan fingerprint density at radius 1 is 0.979 bits per heavy atom. The molecule has 3 aromatic heterocycles. The van der Waals surface area contributed by atoms with Crippen LogP contribution in [0.2, 0.25) is 0 Å². The van der Waals surface area contributed by atoms with E-state index in [-0.39, 0.29) is 42.3 Å². The second-order valence-corrected chi connectivity index (χ2v) is 13.8. The van der Waals surface area contributed by atoms with Gasteiger partial charge in [-0.15, -0.1) is 0 Å². The highest BCUT2D eigenvalue weighted by Gasteiger charge is 2.44. The minimum absolute atomic E-state index is 0.0455. The van der Waals surface area contributed by atoms with Gasteiger partial charge in [0.25, 0.3) is 6.01 Å². The number of fused-ring (bicyclic) bond motifs is 12. The Morgan fingerprint density at radius 2 is 1.81 bits per heavy atom. The lowest BCUT2D eigenvalue weighted by molar-refractivity contribution is -0.138. The van der Waals surface area contributed by atoms with Gasteiger partial charge in [-0.25, -0.2) is 14.8 Å². The van der Waals surface area contributed by atoms with Crippen molar-refractivity contribution < 1.29 is 27.8 Å². The third-order valence-electron chi connectivity index (χ3n) is 10.5. The van der Waals surface area contributed by atoms with Crippen molar-refractivity contribution in [3.8, 4) is 6.01 Å². The minimum atomic E-state index is -3.31. The number of carbonyl (C=O) groups is 1. The third kappa shape index (κ3) is 5.34. The fourth-order valence-electron chi connectivity index (χ4n) is 8.03. The number of aliphatic carboxylic acids is 1. The number of imidazole rings is 1. The van der Waals surface area contributed by atoms with Crippen molar-refractivity contribution in [1.82, 2.24) is 24.4 Å². The number of carboxylic acid groups (broad SMARTS) is 1. The Labute approximate surface area is 276 Å². The summed E-state index contributed by atoms with van der Waals surface area (Å²) in [6.45, 7) is 7.18. The number of hydrogen-bond acceptors (Lipinski definition) is 8. The van der Waals surface area contributed by atoms with Crippen molar-refractivity contribution in [2.45, 2.75) is 82.9 Å². The molecular weight excluding hydrogens is 618 g/mol. The fraction of sp³-hybridized carbons (Fsp3) is 0.500. The predicted octanol–water partition coefficient (Wildman–Crippen LogP) is 7.08. The Kier molecular flexibility index (Phi) is 7.73. The van der Waals surface area contributed by atoms with Crippen LogP contribution in [0.5, 0.6) is 6.01 Å². The van der Waals surface area contributed by atoms with Gasteiger partial charge in [0.1, 0.15) is 23.2 Å². The van der Waals surface area contributed by atoms with Gasteiger partial charge < -0.3 is 24.1 Å². The van der Waals surface area contributed by atoms with Gasteiger partial charge in [-0.1, -0.05) is 44.0 Å². The fourth-order valence-corrected chi connectivity index (χ4v) is 8.03. The lowest BCUT2D eigenvalue weighted by Gasteiger charge is -2.38. The van der Waals surface area contributed by atoms with E-state index in [0.717, 1.165) is 55.5 Å². The van der Waals surface area contributed by atoms with Gasteiger partial charge >= 0.3 is 11.9 Å². The van der Waals surface area contributed by atoms with Gasteiger partial charge in [0.15, 0.2) is 11.4 Å². The van der Waals surface area contributed by atoms with Gasteiger partial charge in [-0.05, 0) is 62.4 Å². The number of anilines is 1. The largest absolute Gasteiger partial charge is 0.480 e. The van der Waals surface area contributed by atoms with Crippen molar-refractivity contribution in [2.75, 3.05) is 31.1 Å². The Balaban J connectivity index is 1.26. The van der Waals surface area contributed by atoms with Crippen molar-refractivity contribution in [3.63, 3.8) is 0 Å². The average Bonchev–Trinajstić information content (AvgIpc) is 3.76. The van der Waals surface area contributed by atoms with Crippen LogP contribution in [-0.4, -0.2) is 73.8 Å². The lowest BCUT2D eigenvalue weighted by atomic mass is 9.93. The maximum Gasteiger partial charge on any atom is 0.326 e. The van der Waals surface area contributed by atoms with Gasteiger partial charge in [-0.2, -0.15) is 13.8 Å². The van der Waals surface area contributed by atoms with Crippen LogP contribution in [0.3, 0.4) is 0 Å². The average molecular weight is 659 g/mol. The molecule has 2 fully saturated rings. The second kappa shape index (κ2) is 12.0. The summed E-state index contributed by atoms with van der Waals surface area (Å²) < 4.78 is 46.9. The molecule has 5 atom stereocenters. The number of hydrogen-bond donors (Lipinski definition) is 1. The first kappa shape index (κ1) is 31.0. The molecule has 5 aromatic rings. The maximum absolute atomic E-state index is 15.9. The first-order chi connectivity index (χ1) is 23.2. The Bertz CT molecular complexity index is 2010. The van der Waals surface area contributed by atoms with Crippen LogP contribution in [0.1, 0.15) is 69.3 Å². The zero-order chi connectivity index (χ0) is 33.2. The summed E-state index contributed by atoms with van der Waals surface area (Å²) in [5.41, 5.74) is 3.79. The molecule has 4 aliphatic rings. The molecule has 252 valence electrons. The predicted molar refractivity (Wildman–Crippen MR) is 178 cm³/mol. The normalized spacial score (nSPS) is 26.5. The van der Waals surface area contributed by atoms with E-state index in [1.165, 1.54) is 4.90 Å². The smallest absolute Gasteiger partial charge is 0.326 e. The molecule has 0 saturated carbocycles. The van der Waals surface area contributed by atoms with Crippen LogP contribution < -0.4 is 9.64 Å². The number of aryl methyl sites for hydroxylation is 1. The van der Waals surface area contributed by atoms with Gasteiger partial charge in [0.05, 0.1) is 17.6 Å². The van der Waals surface area contributed by atoms with Crippen molar-refractivity contribution in [3.05, 3.63) is 53.9 Å². The van der Waals surface area contributed by atoms with Crippen LogP contribution in [0, 0.1) is 12.8 Å². The molecule has 0 amide bonds. The standard InChI is InChI=1S/C36H40F2N6O4/c1-21-10-9-12-26-29(21)40-35-44(26)25-14-17-42(19-22(25)2)16-8-4-3-7-15-36(37,38)34-39-30-24-11-5-6-13-28(24)48-31(30)32(41-34)43-20-23(47-35)18-27(43)33(45)46/h5-6,9-13,22-23,25,27H,3-4,7-8,14-20H2,1-2H3,(H,45,46)/t22-,23-,25-,27-/m0/s1. The highest BCUT2D eigenvalue weighted by Crippen LogP contribution is 2.42. The van der Waals surface area contributed by atoms with Gasteiger partial charge in [0, 0.05) is 37.4 Å². The molecule has 10 nitrogen and oxygen atoms in total. The molecule has 0 aliphatic carbocycles. The molecule has 6 bridgehead atoms.